The number of hydrogen-bond acceptors (Lipinski definition) is 2. The number of amides is 1. The van der Waals surface area contributed by atoms with E-state index in [1.54, 1.807) is 23.3 Å². The van der Waals surface area contributed by atoms with Crippen molar-refractivity contribution < 1.29 is 22.4 Å². The summed E-state index contributed by atoms with van der Waals surface area (Å²) in [5.74, 6) is -2.09. The van der Waals surface area contributed by atoms with Gasteiger partial charge >= 0.3 is 6.18 Å². The number of aromatic amines is 1. The highest BCUT2D eigenvalue weighted by atomic mass is 19.4. The summed E-state index contributed by atoms with van der Waals surface area (Å²) in [5.41, 5.74) is -1.33. The molecule has 0 saturated heterocycles. The van der Waals surface area contributed by atoms with E-state index in [-0.39, 0.29) is 5.92 Å². The summed E-state index contributed by atoms with van der Waals surface area (Å²) in [6.07, 6.45) is -4.07. The lowest BCUT2D eigenvalue weighted by Gasteiger charge is -2.24. The van der Waals surface area contributed by atoms with Crippen LogP contribution < -0.4 is 4.90 Å². The van der Waals surface area contributed by atoms with Crippen LogP contribution in [0, 0.1) is 11.9 Å². The van der Waals surface area contributed by atoms with Crippen molar-refractivity contribution in [3.05, 3.63) is 47.0 Å². The first-order valence-electron chi connectivity index (χ1n) is 8.22. The Morgan fingerprint density at radius 1 is 1.23 bits per heavy atom. The van der Waals surface area contributed by atoms with Crippen molar-refractivity contribution in [1.29, 1.82) is 0 Å². The topological polar surface area (TPSA) is 49.0 Å². The van der Waals surface area contributed by atoms with Crippen molar-refractivity contribution in [2.75, 3.05) is 11.9 Å². The molecule has 1 atom stereocenters. The lowest BCUT2D eigenvalue weighted by atomic mass is 9.90. The summed E-state index contributed by atoms with van der Waals surface area (Å²) in [7, 11) is 1.33. The van der Waals surface area contributed by atoms with Gasteiger partial charge in [0.1, 0.15) is 5.56 Å². The molecule has 4 nitrogen and oxygen atoms in total. The Morgan fingerprint density at radius 3 is 2.42 bits per heavy atom. The zero-order valence-corrected chi connectivity index (χ0v) is 15.0. The van der Waals surface area contributed by atoms with E-state index in [1.807, 2.05) is 13.0 Å². The second-order valence-electron chi connectivity index (χ2n) is 6.72. The minimum atomic E-state index is -4.91. The minimum Gasteiger partial charge on any atom is -0.311 e. The number of aromatic nitrogens is 2. The molecule has 0 saturated carbocycles. The third-order valence-electron chi connectivity index (χ3n) is 4.18. The first-order chi connectivity index (χ1) is 12.0. The molecule has 0 aliphatic heterocycles. The van der Waals surface area contributed by atoms with Gasteiger partial charge in [0, 0.05) is 12.7 Å². The summed E-state index contributed by atoms with van der Waals surface area (Å²) in [6.45, 7) is 6.10. The summed E-state index contributed by atoms with van der Waals surface area (Å²) < 4.78 is 52.9. The molecule has 1 aromatic carbocycles. The highest BCUT2D eigenvalue weighted by molar-refractivity contribution is 6.07. The number of carbonyl (C=O) groups is 1. The molecule has 26 heavy (non-hydrogen) atoms. The largest absolute Gasteiger partial charge is 0.433 e. The van der Waals surface area contributed by atoms with Crippen LogP contribution >= 0.6 is 0 Å². The van der Waals surface area contributed by atoms with Crippen LogP contribution in [0.25, 0.3) is 0 Å². The number of hydrogen-bond donors (Lipinski definition) is 1. The molecule has 1 amide bonds. The van der Waals surface area contributed by atoms with Gasteiger partial charge in [0.2, 0.25) is 5.95 Å². The molecule has 0 radical (unpaired) electrons. The summed E-state index contributed by atoms with van der Waals surface area (Å²) >= 11 is 0. The zero-order valence-electron chi connectivity index (χ0n) is 15.0. The number of benzene rings is 1. The average molecular weight is 371 g/mol. The molecule has 1 heterocycles. The van der Waals surface area contributed by atoms with Gasteiger partial charge < -0.3 is 4.90 Å². The van der Waals surface area contributed by atoms with Gasteiger partial charge in [0.15, 0.2) is 5.69 Å². The maximum absolute atomic E-state index is 13.8. The highest BCUT2D eigenvalue weighted by Gasteiger charge is 2.41. The molecule has 1 N–H and O–H groups in total. The van der Waals surface area contributed by atoms with Crippen LogP contribution in [0.2, 0.25) is 0 Å². The summed E-state index contributed by atoms with van der Waals surface area (Å²) in [6, 6.07) is 6.94. The predicted molar refractivity (Wildman–Crippen MR) is 90.6 cm³/mol. The van der Waals surface area contributed by atoms with Crippen molar-refractivity contribution in [3.63, 3.8) is 0 Å². The molecule has 2 rings (SSSR count). The number of para-hydroxylation sites is 1. The normalized spacial score (nSPS) is 13.1. The number of nitrogens with one attached hydrogen (secondary N) is 1. The van der Waals surface area contributed by atoms with E-state index < -0.39 is 29.3 Å². The van der Waals surface area contributed by atoms with Gasteiger partial charge in [0.25, 0.3) is 5.91 Å². The molecule has 0 fully saturated rings. The molecule has 1 aromatic heterocycles. The lowest BCUT2D eigenvalue weighted by Crippen LogP contribution is -2.30. The predicted octanol–water partition coefficient (Wildman–Crippen LogP) is 4.99. The lowest BCUT2D eigenvalue weighted by molar-refractivity contribution is -0.141. The molecular formula is C18H21F4N3O. The SMILES string of the molecule is CC(C)CC(C)c1ccccc1N(C)C(=O)c1c(F)n[nH]c1C(F)(F)F. The number of rotatable bonds is 5. The van der Waals surface area contributed by atoms with Gasteiger partial charge in [-0.1, -0.05) is 39.0 Å². The number of H-pyrrole nitrogens is 1. The van der Waals surface area contributed by atoms with E-state index >= 15 is 0 Å². The Hall–Kier alpha value is -2.38. The van der Waals surface area contributed by atoms with Crippen LogP contribution in [-0.4, -0.2) is 23.2 Å². The third kappa shape index (κ3) is 4.05. The monoisotopic (exact) mass is 371 g/mol. The Bertz CT molecular complexity index is 783. The molecule has 0 bridgehead atoms. The molecular weight excluding hydrogens is 350 g/mol. The molecule has 0 aliphatic carbocycles. The van der Waals surface area contributed by atoms with Crippen LogP contribution in [0.3, 0.4) is 0 Å². The standard InChI is InChI=1S/C18H21F4N3O/c1-10(2)9-11(3)12-7-5-6-8-13(12)25(4)17(26)14-15(18(20,21)22)23-24-16(14)19/h5-8,10-11H,9H2,1-4H3,(H,23,24). The zero-order chi connectivity index (χ0) is 19.6. The maximum Gasteiger partial charge on any atom is 0.433 e. The van der Waals surface area contributed by atoms with Gasteiger partial charge in [-0.25, -0.2) is 0 Å². The van der Waals surface area contributed by atoms with Crippen molar-refractivity contribution in [2.24, 2.45) is 5.92 Å². The van der Waals surface area contributed by atoms with Crippen LogP contribution in [-0.2, 0) is 6.18 Å². The van der Waals surface area contributed by atoms with Gasteiger partial charge in [-0.3, -0.25) is 9.89 Å². The highest BCUT2D eigenvalue weighted by Crippen LogP contribution is 2.35. The van der Waals surface area contributed by atoms with E-state index in [0.29, 0.717) is 11.6 Å². The quantitative estimate of drug-likeness (QED) is 0.753. The van der Waals surface area contributed by atoms with Gasteiger partial charge in [-0.15, -0.1) is 5.10 Å². The molecule has 0 aliphatic rings. The second kappa shape index (κ2) is 7.47. The molecule has 142 valence electrons. The Kier molecular flexibility index (Phi) is 5.73. The summed E-state index contributed by atoms with van der Waals surface area (Å²) in [5, 5.41) is 4.49. The van der Waals surface area contributed by atoms with Crippen molar-refractivity contribution in [2.45, 2.75) is 39.3 Å². The first-order valence-corrected chi connectivity index (χ1v) is 8.22. The minimum absolute atomic E-state index is 0.0812. The van der Waals surface area contributed by atoms with E-state index in [0.717, 1.165) is 16.9 Å². The van der Waals surface area contributed by atoms with Crippen molar-refractivity contribution in [1.82, 2.24) is 10.2 Å². The second-order valence-corrected chi connectivity index (χ2v) is 6.72. The van der Waals surface area contributed by atoms with Gasteiger partial charge in [-0.05, 0) is 29.9 Å². The van der Waals surface area contributed by atoms with Crippen molar-refractivity contribution in [3.8, 4) is 0 Å². The Morgan fingerprint density at radius 2 is 1.85 bits per heavy atom. The third-order valence-corrected chi connectivity index (χ3v) is 4.18. The molecule has 2 aromatic rings. The van der Waals surface area contributed by atoms with Crippen LogP contribution in [0.4, 0.5) is 23.2 Å². The molecule has 1 unspecified atom stereocenters. The van der Waals surface area contributed by atoms with E-state index in [9.17, 15) is 22.4 Å². The summed E-state index contributed by atoms with van der Waals surface area (Å²) in [4.78, 5) is 13.7. The Balaban J connectivity index is 2.44. The fourth-order valence-corrected chi connectivity index (χ4v) is 3.04. The maximum atomic E-state index is 13.8. The fourth-order valence-electron chi connectivity index (χ4n) is 3.04. The van der Waals surface area contributed by atoms with E-state index in [2.05, 4.69) is 18.9 Å². The van der Waals surface area contributed by atoms with Gasteiger partial charge in [0.05, 0.1) is 0 Å². The van der Waals surface area contributed by atoms with Gasteiger partial charge in [-0.2, -0.15) is 17.6 Å². The molecule has 8 heteroatoms. The van der Waals surface area contributed by atoms with Crippen LogP contribution in [0.15, 0.2) is 24.3 Å². The Labute approximate surface area is 149 Å². The molecule has 0 spiro atoms. The number of alkyl halides is 3. The van der Waals surface area contributed by atoms with Crippen molar-refractivity contribution >= 4 is 11.6 Å². The van der Waals surface area contributed by atoms with Crippen LogP contribution in [0.1, 0.15) is 54.7 Å². The first kappa shape index (κ1) is 19.9. The van der Waals surface area contributed by atoms with Crippen LogP contribution in [0.5, 0.6) is 0 Å². The number of anilines is 1. The smallest absolute Gasteiger partial charge is 0.311 e. The number of halogens is 4. The van der Waals surface area contributed by atoms with E-state index in [1.165, 1.54) is 7.05 Å². The number of nitrogens with zero attached hydrogens (tertiary/aromatic N) is 2. The van der Waals surface area contributed by atoms with E-state index in [4.69, 9.17) is 0 Å². The fraction of sp³-hybridized carbons (Fsp3) is 0.444. The average Bonchev–Trinajstić information content (AvgIpc) is 2.94. The number of carbonyl (C=O) groups excluding carboxylic acids is 1.